The van der Waals surface area contributed by atoms with Crippen molar-refractivity contribution >= 4 is 79.3 Å². The molecule has 53 heavy (non-hydrogen) atoms. The molecule has 11 rings (SSSR count). The van der Waals surface area contributed by atoms with Gasteiger partial charge in [0.25, 0.3) is 6.71 Å². The molecule has 5 aromatic carbocycles. The van der Waals surface area contributed by atoms with Crippen LogP contribution in [0.2, 0.25) is 0 Å². The number of nitrogens with zero attached hydrogens (tertiary/aromatic N) is 6. The van der Waals surface area contributed by atoms with Crippen LogP contribution in [-0.4, -0.2) is 25.8 Å². The van der Waals surface area contributed by atoms with Gasteiger partial charge in [-0.1, -0.05) is 96.1 Å². The number of fused-ring (bicyclic) bond motifs is 4. The highest BCUT2D eigenvalue weighted by atomic mass is 15.3. The Morgan fingerprint density at radius 3 is 1.74 bits per heavy atom. The topological polar surface area (TPSA) is 42.1 Å². The maximum absolute atomic E-state index is 4.53. The largest absolute Gasteiger partial charge is 0.319 e. The predicted molar refractivity (Wildman–Crippen MR) is 221 cm³/mol. The van der Waals surface area contributed by atoms with Crippen molar-refractivity contribution in [2.24, 2.45) is 0 Å². The molecule has 3 aliphatic rings. The maximum Gasteiger partial charge on any atom is 0.276 e. The van der Waals surface area contributed by atoms with Crippen molar-refractivity contribution in [2.75, 3.05) is 9.80 Å². The van der Waals surface area contributed by atoms with Gasteiger partial charge in [0.2, 0.25) is 0 Å². The minimum absolute atomic E-state index is 0.0112. The van der Waals surface area contributed by atoms with Crippen molar-refractivity contribution in [1.82, 2.24) is 19.1 Å². The number of aromatic nitrogens is 4. The zero-order chi connectivity index (χ0) is 36.0. The van der Waals surface area contributed by atoms with Gasteiger partial charge >= 0.3 is 0 Å². The van der Waals surface area contributed by atoms with Gasteiger partial charge in [-0.15, -0.1) is 0 Å². The van der Waals surface area contributed by atoms with Gasteiger partial charge in [0.05, 0.1) is 40.5 Å². The molecular formula is C46H39BN6. The summed E-state index contributed by atoms with van der Waals surface area (Å²) in [6.07, 6.45) is 5.49. The second kappa shape index (κ2) is 10.3. The second-order valence-electron chi connectivity index (χ2n) is 16.8. The van der Waals surface area contributed by atoms with Gasteiger partial charge in [0.15, 0.2) is 0 Å². The summed E-state index contributed by atoms with van der Waals surface area (Å²) in [5.41, 5.74) is 17.2. The molecule has 0 amide bonds. The van der Waals surface area contributed by atoms with Gasteiger partial charge in [-0.2, -0.15) is 0 Å². The molecule has 0 saturated carbocycles. The Morgan fingerprint density at radius 2 is 1.08 bits per heavy atom. The fraction of sp³-hybridized carbons (Fsp3) is 0.174. The standard InChI is InChI=1S/C46H39BN6/c1-45(2,3)28-17-21-30(22-18-28)50-37-15-10-16-38-40(37)47-41-39-35(13-9-14-36(39)53-34-12-8-7-11-33(34)42(50)43(47)53)52(32-25-48-27-49-26-32)44(41)51(38)31-23-19-29(20-24-31)46(4,5)6/h7-27H,1-6H3. The number of hydrogen-bond donors (Lipinski definition) is 0. The summed E-state index contributed by atoms with van der Waals surface area (Å²) in [6.45, 7) is 13.7. The minimum atomic E-state index is 0.0112. The summed E-state index contributed by atoms with van der Waals surface area (Å²) in [5.74, 6) is 1.14. The predicted octanol–water partition coefficient (Wildman–Crippen LogP) is 9.36. The lowest BCUT2D eigenvalue weighted by Gasteiger charge is -2.44. The quantitative estimate of drug-likeness (QED) is 0.174. The molecule has 0 aliphatic carbocycles. The molecular weight excluding hydrogens is 647 g/mol. The normalized spacial score (nSPS) is 14.1. The third-order valence-corrected chi connectivity index (χ3v) is 11.7. The van der Waals surface area contributed by atoms with Crippen LogP contribution < -0.4 is 26.3 Å². The second-order valence-corrected chi connectivity index (χ2v) is 16.8. The van der Waals surface area contributed by atoms with E-state index in [2.05, 4.69) is 180 Å². The molecule has 0 saturated heterocycles. The Morgan fingerprint density at radius 1 is 0.509 bits per heavy atom. The van der Waals surface area contributed by atoms with E-state index >= 15 is 0 Å². The molecule has 8 aromatic rings. The smallest absolute Gasteiger partial charge is 0.276 e. The molecule has 0 fully saturated rings. The van der Waals surface area contributed by atoms with Crippen LogP contribution in [0.25, 0.3) is 33.2 Å². The average molecular weight is 687 g/mol. The molecule has 3 aliphatic heterocycles. The first-order valence-corrected chi connectivity index (χ1v) is 18.6. The van der Waals surface area contributed by atoms with Crippen molar-refractivity contribution in [2.45, 2.75) is 52.4 Å². The van der Waals surface area contributed by atoms with E-state index in [-0.39, 0.29) is 17.5 Å². The van der Waals surface area contributed by atoms with Gasteiger partial charge in [-0.3, -0.25) is 9.47 Å². The van der Waals surface area contributed by atoms with E-state index in [1.165, 1.54) is 72.4 Å². The molecule has 6 nitrogen and oxygen atoms in total. The van der Waals surface area contributed by atoms with Crippen LogP contribution in [0, 0.1) is 0 Å². The summed E-state index contributed by atoms with van der Waals surface area (Å²) in [4.78, 5) is 14.1. The molecule has 0 radical (unpaired) electrons. The summed E-state index contributed by atoms with van der Waals surface area (Å²) in [5, 5.41) is 2.53. The van der Waals surface area contributed by atoms with Crippen LogP contribution in [0.5, 0.6) is 0 Å². The van der Waals surface area contributed by atoms with Gasteiger partial charge in [-0.05, 0) is 87.5 Å². The molecule has 256 valence electrons. The van der Waals surface area contributed by atoms with Crippen LogP contribution in [0.15, 0.2) is 128 Å². The molecule has 3 aromatic heterocycles. The van der Waals surface area contributed by atoms with E-state index in [1.807, 2.05) is 12.4 Å². The highest BCUT2D eigenvalue weighted by molar-refractivity contribution is 7.02. The van der Waals surface area contributed by atoms with E-state index in [9.17, 15) is 0 Å². The van der Waals surface area contributed by atoms with Crippen molar-refractivity contribution in [1.29, 1.82) is 0 Å². The molecule has 0 atom stereocenters. The lowest BCUT2D eigenvalue weighted by Crippen LogP contribution is -2.64. The Balaban J connectivity index is 1.30. The monoisotopic (exact) mass is 686 g/mol. The van der Waals surface area contributed by atoms with Gasteiger partial charge in [-0.25, -0.2) is 9.97 Å². The summed E-state index contributed by atoms with van der Waals surface area (Å²) < 4.78 is 4.96. The zero-order valence-corrected chi connectivity index (χ0v) is 30.9. The van der Waals surface area contributed by atoms with Crippen LogP contribution in [-0.2, 0) is 10.8 Å². The first-order chi connectivity index (χ1) is 25.6. The lowest BCUT2D eigenvalue weighted by molar-refractivity contribution is 0.590. The Kier molecular flexibility index (Phi) is 5.93. The van der Waals surface area contributed by atoms with Gasteiger partial charge < -0.3 is 9.47 Å². The van der Waals surface area contributed by atoms with Crippen LogP contribution >= 0.6 is 0 Å². The lowest BCUT2D eigenvalue weighted by atomic mass is 9.34. The number of anilines is 6. The summed E-state index contributed by atoms with van der Waals surface area (Å²) >= 11 is 0. The SMILES string of the molecule is CC(C)(C)c1ccc(N2c3cccc4c3B3c5c(n(-c6cncnc6)c6cccc(c56)-n5c3c2c2ccccc25)N4c2ccc(C(C)(C)C)cc2)cc1. The summed E-state index contributed by atoms with van der Waals surface area (Å²) in [7, 11) is 0. The third kappa shape index (κ3) is 4.00. The fourth-order valence-corrected chi connectivity index (χ4v) is 9.32. The average Bonchev–Trinajstić information content (AvgIpc) is 3.69. The molecule has 7 heteroatoms. The number of rotatable bonds is 3. The fourth-order valence-electron chi connectivity index (χ4n) is 9.32. The van der Waals surface area contributed by atoms with Crippen molar-refractivity contribution in [3.63, 3.8) is 0 Å². The Labute approximate surface area is 310 Å². The zero-order valence-electron chi connectivity index (χ0n) is 30.9. The molecule has 0 spiro atoms. The van der Waals surface area contributed by atoms with E-state index in [1.54, 1.807) is 6.33 Å². The molecule has 0 bridgehead atoms. The highest BCUT2D eigenvalue weighted by Crippen LogP contribution is 2.51. The first-order valence-electron chi connectivity index (χ1n) is 18.6. The first kappa shape index (κ1) is 30.5. The Hall–Kier alpha value is -6.08. The van der Waals surface area contributed by atoms with Crippen molar-refractivity contribution in [3.05, 3.63) is 139 Å². The molecule has 0 unspecified atom stereocenters. The Bertz CT molecular complexity index is 2800. The maximum atomic E-state index is 4.53. The van der Waals surface area contributed by atoms with Crippen molar-refractivity contribution < 1.29 is 0 Å². The number of hydrogen-bond acceptors (Lipinski definition) is 4. The number of para-hydroxylation sites is 1. The number of benzene rings is 5. The van der Waals surface area contributed by atoms with Crippen LogP contribution in [0.1, 0.15) is 52.7 Å². The molecule has 0 N–H and O–H groups in total. The molecule has 6 heterocycles. The van der Waals surface area contributed by atoms with E-state index in [4.69, 9.17) is 0 Å². The van der Waals surface area contributed by atoms with E-state index < -0.39 is 0 Å². The third-order valence-electron chi connectivity index (χ3n) is 11.7. The van der Waals surface area contributed by atoms with Crippen molar-refractivity contribution in [3.8, 4) is 11.4 Å². The minimum Gasteiger partial charge on any atom is -0.319 e. The van der Waals surface area contributed by atoms with Crippen LogP contribution in [0.4, 0.5) is 34.3 Å². The van der Waals surface area contributed by atoms with E-state index in [0.29, 0.717) is 0 Å². The summed E-state index contributed by atoms with van der Waals surface area (Å²) in [6, 6.07) is 41.1. The van der Waals surface area contributed by atoms with E-state index in [0.717, 1.165) is 22.7 Å². The van der Waals surface area contributed by atoms with Gasteiger partial charge in [0, 0.05) is 39.1 Å². The van der Waals surface area contributed by atoms with Gasteiger partial charge in [0.1, 0.15) is 12.1 Å². The van der Waals surface area contributed by atoms with Crippen LogP contribution in [0.3, 0.4) is 0 Å². The highest BCUT2D eigenvalue weighted by Gasteiger charge is 2.51.